The van der Waals surface area contributed by atoms with Crippen LogP contribution in [0.4, 0.5) is 11.6 Å². The van der Waals surface area contributed by atoms with Crippen LogP contribution in [-0.2, 0) is 0 Å². The van der Waals surface area contributed by atoms with Crippen LogP contribution in [-0.4, -0.2) is 65.2 Å². The third kappa shape index (κ3) is 3.93. The highest BCUT2D eigenvalue weighted by atomic mass is 16.5. The first-order valence-corrected chi connectivity index (χ1v) is 10.8. The van der Waals surface area contributed by atoms with E-state index in [2.05, 4.69) is 31.0 Å². The largest absolute Gasteiger partial charge is 0.360 e. The summed E-state index contributed by atoms with van der Waals surface area (Å²) in [6.45, 7) is 6.93. The molecular formula is C21H28N6O2. The topological polar surface area (TPSA) is 78.6 Å². The second-order valence-corrected chi connectivity index (χ2v) is 8.35. The van der Waals surface area contributed by atoms with Gasteiger partial charge in [0.05, 0.1) is 0 Å². The molecule has 0 spiro atoms. The number of carbonyl (C=O) groups is 1. The van der Waals surface area contributed by atoms with Crippen molar-refractivity contribution in [2.24, 2.45) is 0 Å². The summed E-state index contributed by atoms with van der Waals surface area (Å²) in [5.41, 5.74) is 0.436. The van der Waals surface area contributed by atoms with Crippen molar-refractivity contribution in [1.29, 1.82) is 0 Å². The summed E-state index contributed by atoms with van der Waals surface area (Å²) < 4.78 is 5.35. The zero-order valence-corrected chi connectivity index (χ0v) is 17.0. The fraction of sp³-hybridized carbons (Fsp3) is 0.619. The molecule has 2 aromatic heterocycles. The molecule has 2 aromatic rings. The molecule has 5 rings (SSSR count). The van der Waals surface area contributed by atoms with Gasteiger partial charge in [-0.15, -0.1) is 0 Å². The first-order chi connectivity index (χ1) is 14.2. The Hall–Kier alpha value is -2.64. The molecule has 3 aliphatic rings. The molecule has 4 heterocycles. The molecular weight excluding hydrogens is 368 g/mol. The van der Waals surface area contributed by atoms with E-state index in [0.29, 0.717) is 24.7 Å². The number of hydrogen-bond acceptors (Lipinski definition) is 7. The summed E-state index contributed by atoms with van der Waals surface area (Å²) in [7, 11) is 0. The molecule has 8 heteroatoms. The van der Waals surface area contributed by atoms with Gasteiger partial charge in [0, 0.05) is 57.3 Å². The Bertz CT molecular complexity index is 879. The molecule has 29 heavy (non-hydrogen) atoms. The maximum absolute atomic E-state index is 12.8. The van der Waals surface area contributed by atoms with E-state index in [1.54, 1.807) is 0 Å². The Labute approximate surface area is 170 Å². The second kappa shape index (κ2) is 7.65. The number of amides is 1. The Morgan fingerprint density at radius 2 is 1.59 bits per heavy atom. The maximum atomic E-state index is 12.8. The van der Waals surface area contributed by atoms with Crippen molar-refractivity contribution in [3.05, 3.63) is 29.4 Å². The molecule has 2 saturated heterocycles. The monoisotopic (exact) mass is 396 g/mol. The van der Waals surface area contributed by atoms with Gasteiger partial charge in [-0.2, -0.15) is 0 Å². The minimum atomic E-state index is -0.0341. The molecule has 0 bridgehead atoms. The van der Waals surface area contributed by atoms with Crippen LogP contribution in [0.1, 0.15) is 60.1 Å². The van der Waals surface area contributed by atoms with Crippen LogP contribution >= 0.6 is 0 Å². The number of aromatic nitrogens is 3. The molecule has 154 valence electrons. The lowest BCUT2D eigenvalue weighted by Crippen LogP contribution is -2.49. The molecule has 0 aromatic carbocycles. The molecule has 0 unspecified atom stereocenters. The standard InChI is InChI=1S/C21H28N6O2/c1-15-22-19(25-7-3-2-4-8-25)14-20(23-15)26-9-11-27(12-10-26)21(28)17-13-18(29-24-17)16-5-6-16/h13-14,16H,2-12H2,1H3. The van der Waals surface area contributed by atoms with Gasteiger partial charge in [0.15, 0.2) is 5.69 Å². The zero-order valence-electron chi connectivity index (χ0n) is 17.0. The molecule has 0 N–H and O–H groups in total. The highest BCUT2D eigenvalue weighted by Gasteiger charge is 2.31. The first kappa shape index (κ1) is 18.4. The molecule has 8 nitrogen and oxygen atoms in total. The van der Waals surface area contributed by atoms with Gasteiger partial charge in [-0.05, 0) is 39.0 Å². The highest BCUT2D eigenvalue weighted by molar-refractivity contribution is 5.92. The normalized spacial score (nSPS) is 20.2. The van der Waals surface area contributed by atoms with Gasteiger partial charge in [-0.3, -0.25) is 4.79 Å². The average molecular weight is 396 g/mol. The molecule has 1 amide bonds. The number of carbonyl (C=O) groups excluding carboxylic acids is 1. The summed E-state index contributed by atoms with van der Waals surface area (Å²) in [4.78, 5) is 28.6. The average Bonchev–Trinajstić information content (AvgIpc) is 3.50. The third-order valence-corrected chi connectivity index (χ3v) is 6.11. The van der Waals surface area contributed by atoms with Crippen LogP contribution in [0.15, 0.2) is 16.7 Å². The van der Waals surface area contributed by atoms with Crippen LogP contribution in [0.5, 0.6) is 0 Å². The number of piperidine rings is 1. The molecule has 1 saturated carbocycles. The Morgan fingerprint density at radius 3 is 2.24 bits per heavy atom. The number of rotatable bonds is 4. The van der Waals surface area contributed by atoms with E-state index in [1.165, 1.54) is 19.3 Å². The minimum Gasteiger partial charge on any atom is -0.360 e. The van der Waals surface area contributed by atoms with E-state index in [4.69, 9.17) is 4.52 Å². The van der Waals surface area contributed by atoms with Crippen molar-refractivity contribution < 1.29 is 9.32 Å². The number of nitrogens with zero attached hydrogens (tertiary/aromatic N) is 6. The summed E-state index contributed by atoms with van der Waals surface area (Å²) in [6, 6.07) is 3.93. The van der Waals surface area contributed by atoms with Gasteiger partial charge < -0.3 is 19.2 Å². The van der Waals surface area contributed by atoms with Gasteiger partial charge in [0.2, 0.25) is 0 Å². The van der Waals surface area contributed by atoms with Gasteiger partial charge in [0.25, 0.3) is 5.91 Å². The maximum Gasteiger partial charge on any atom is 0.276 e. The summed E-state index contributed by atoms with van der Waals surface area (Å²) in [6.07, 6.45) is 6.03. The SMILES string of the molecule is Cc1nc(N2CCCCC2)cc(N2CCN(C(=O)c3cc(C4CC4)on3)CC2)n1. The van der Waals surface area contributed by atoms with Gasteiger partial charge in [0.1, 0.15) is 23.2 Å². The van der Waals surface area contributed by atoms with Crippen LogP contribution in [0, 0.1) is 6.92 Å². The predicted octanol–water partition coefficient (Wildman–Crippen LogP) is 2.60. The summed E-state index contributed by atoms with van der Waals surface area (Å²) >= 11 is 0. The second-order valence-electron chi connectivity index (χ2n) is 8.35. The predicted molar refractivity (Wildman–Crippen MR) is 109 cm³/mol. The molecule has 1 aliphatic carbocycles. The van der Waals surface area contributed by atoms with E-state index in [1.807, 2.05) is 17.9 Å². The third-order valence-electron chi connectivity index (χ3n) is 6.11. The highest BCUT2D eigenvalue weighted by Crippen LogP contribution is 2.40. The molecule has 0 atom stereocenters. The van der Waals surface area contributed by atoms with E-state index in [9.17, 15) is 4.79 Å². The fourth-order valence-electron chi connectivity index (χ4n) is 4.23. The van der Waals surface area contributed by atoms with Crippen molar-refractivity contribution in [2.75, 3.05) is 49.1 Å². The van der Waals surface area contributed by atoms with E-state index < -0.39 is 0 Å². The lowest BCUT2D eigenvalue weighted by Gasteiger charge is -2.35. The van der Waals surface area contributed by atoms with Crippen LogP contribution in [0.2, 0.25) is 0 Å². The van der Waals surface area contributed by atoms with Crippen LogP contribution in [0.3, 0.4) is 0 Å². The molecule has 2 aliphatic heterocycles. The summed E-state index contributed by atoms with van der Waals surface area (Å²) in [5.74, 6) is 4.08. The van der Waals surface area contributed by atoms with Crippen molar-refractivity contribution in [3.63, 3.8) is 0 Å². The van der Waals surface area contributed by atoms with E-state index >= 15 is 0 Å². The lowest BCUT2D eigenvalue weighted by molar-refractivity contribution is 0.0736. The Morgan fingerprint density at radius 1 is 0.931 bits per heavy atom. The van der Waals surface area contributed by atoms with Gasteiger partial charge >= 0.3 is 0 Å². The molecule has 0 radical (unpaired) electrons. The van der Waals surface area contributed by atoms with Crippen molar-refractivity contribution in [2.45, 2.75) is 44.9 Å². The number of anilines is 2. The van der Waals surface area contributed by atoms with Crippen LogP contribution < -0.4 is 9.80 Å². The Kier molecular flexibility index (Phi) is 4.85. The van der Waals surface area contributed by atoms with E-state index in [-0.39, 0.29) is 5.91 Å². The van der Waals surface area contributed by atoms with Gasteiger partial charge in [-0.1, -0.05) is 5.16 Å². The molecule has 3 fully saturated rings. The van der Waals surface area contributed by atoms with Crippen LogP contribution in [0.25, 0.3) is 0 Å². The lowest BCUT2D eigenvalue weighted by atomic mass is 10.1. The fourth-order valence-corrected chi connectivity index (χ4v) is 4.23. The quantitative estimate of drug-likeness (QED) is 0.786. The number of aryl methyl sites for hydroxylation is 1. The van der Waals surface area contributed by atoms with Crippen molar-refractivity contribution in [3.8, 4) is 0 Å². The van der Waals surface area contributed by atoms with Crippen molar-refractivity contribution in [1.82, 2.24) is 20.0 Å². The first-order valence-electron chi connectivity index (χ1n) is 10.8. The minimum absolute atomic E-state index is 0.0341. The van der Waals surface area contributed by atoms with Crippen molar-refractivity contribution >= 4 is 17.5 Å². The van der Waals surface area contributed by atoms with E-state index in [0.717, 1.165) is 62.2 Å². The number of piperazine rings is 1. The summed E-state index contributed by atoms with van der Waals surface area (Å²) in [5, 5.41) is 4.00. The number of hydrogen-bond donors (Lipinski definition) is 0. The smallest absolute Gasteiger partial charge is 0.276 e. The Balaban J connectivity index is 1.24. The zero-order chi connectivity index (χ0) is 19.8. The van der Waals surface area contributed by atoms with Gasteiger partial charge in [-0.25, -0.2) is 9.97 Å².